The molecule has 0 unspecified atom stereocenters. The van der Waals surface area contributed by atoms with Crippen LogP contribution in [0.5, 0.6) is 5.75 Å². The number of nitro benzene ring substituents is 1. The molecule has 3 rings (SSSR count). The number of ether oxygens (including phenoxy) is 2. The second-order valence-electron chi connectivity index (χ2n) is 8.12. The van der Waals surface area contributed by atoms with Gasteiger partial charge in [0.15, 0.2) is 0 Å². The number of non-ortho nitro benzene ring substituents is 1. The van der Waals surface area contributed by atoms with E-state index in [4.69, 9.17) is 9.47 Å². The van der Waals surface area contributed by atoms with Crippen LogP contribution in [-0.2, 0) is 15.8 Å². The molecule has 0 saturated carbocycles. The molecule has 0 spiro atoms. The Balaban J connectivity index is 1.79. The van der Waals surface area contributed by atoms with E-state index in [0.717, 1.165) is 22.7 Å². The topological polar surface area (TPSA) is 85.7 Å². The zero-order valence-corrected chi connectivity index (χ0v) is 17.0. The van der Waals surface area contributed by atoms with Gasteiger partial charge in [-0.2, -0.15) is 0 Å². The van der Waals surface area contributed by atoms with E-state index in [9.17, 15) is 10.1 Å². The van der Waals surface area contributed by atoms with Crippen LogP contribution in [0.4, 0.5) is 17.1 Å². The minimum absolute atomic E-state index is 0.0692. The molecule has 0 atom stereocenters. The largest absolute Gasteiger partial charge is 0.495 e. The lowest BCUT2D eigenvalue weighted by molar-refractivity contribution is -0.384. The third-order valence-electron chi connectivity index (χ3n) is 5.16. The molecule has 28 heavy (non-hydrogen) atoms. The molecule has 150 valence electrons. The normalized spacial score (nSPS) is 16.8. The molecule has 0 fully saturated rings. The number of anilines is 2. The molecule has 7 heteroatoms. The molecule has 1 aliphatic heterocycles. The van der Waals surface area contributed by atoms with E-state index in [1.807, 2.05) is 0 Å². The highest BCUT2D eigenvalue weighted by atomic mass is 16.6. The van der Waals surface area contributed by atoms with Gasteiger partial charge in [0.1, 0.15) is 5.75 Å². The van der Waals surface area contributed by atoms with Crippen molar-refractivity contribution in [3.8, 4) is 5.75 Å². The van der Waals surface area contributed by atoms with Crippen LogP contribution in [0.1, 0.15) is 38.8 Å². The third-order valence-corrected chi connectivity index (χ3v) is 5.16. The van der Waals surface area contributed by atoms with E-state index < -0.39 is 4.92 Å². The van der Waals surface area contributed by atoms with Gasteiger partial charge in [0.2, 0.25) is 0 Å². The van der Waals surface area contributed by atoms with Gasteiger partial charge in [-0.3, -0.25) is 10.1 Å². The average Bonchev–Trinajstić information content (AvgIpc) is 2.65. The summed E-state index contributed by atoms with van der Waals surface area (Å²) in [5.74, 6) is 0.773. The van der Waals surface area contributed by atoms with E-state index in [0.29, 0.717) is 13.3 Å². The number of nitrogens with one attached hydrogen (secondary N) is 2. The Morgan fingerprint density at radius 3 is 2.39 bits per heavy atom. The quantitative estimate of drug-likeness (QED) is 0.428. The maximum atomic E-state index is 10.7. The second-order valence-corrected chi connectivity index (χ2v) is 8.12. The maximum Gasteiger partial charge on any atom is 0.269 e. The van der Waals surface area contributed by atoms with E-state index in [1.165, 1.54) is 17.7 Å². The number of nitro groups is 1. The Morgan fingerprint density at radius 1 is 1.11 bits per heavy atom. The molecule has 0 aromatic heterocycles. The van der Waals surface area contributed by atoms with Crippen LogP contribution in [0.2, 0.25) is 0 Å². The highest BCUT2D eigenvalue weighted by Crippen LogP contribution is 2.45. The van der Waals surface area contributed by atoms with Gasteiger partial charge in [-0.1, -0.05) is 13.8 Å². The van der Waals surface area contributed by atoms with Crippen LogP contribution in [0.25, 0.3) is 0 Å². The Hall–Kier alpha value is -2.80. The van der Waals surface area contributed by atoms with E-state index in [1.54, 1.807) is 19.2 Å². The molecule has 1 heterocycles. The number of methoxy groups -OCH3 is 1. The molecular weight excluding hydrogens is 358 g/mol. The predicted molar refractivity (Wildman–Crippen MR) is 110 cm³/mol. The number of fused-ring (bicyclic) bond motifs is 1. The standard InChI is InChI=1S/C21H27N3O4/c1-20(2)12-28-21(3,4)17-10-18(19(27-5)11-16(17)20)23-13-22-14-6-8-15(9-7-14)24(25)26/h6-11,22-23H,12-13H2,1-5H3. The van der Waals surface area contributed by atoms with Crippen LogP contribution < -0.4 is 15.4 Å². The van der Waals surface area contributed by atoms with Gasteiger partial charge in [0, 0.05) is 23.2 Å². The first-order valence-corrected chi connectivity index (χ1v) is 9.23. The third kappa shape index (κ3) is 3.89. The minimum Gasteiger partial charge on any atom is -0.495 e. The van der Waals surface area contributed by atoms with Crippen LogP contribution >= 0.6 is 0 Å². The van der Waals surface area contributed by atoms with Crippen molar-refractivity contribution in [1.82, 2.24) is 0 Å². The summed E-state index contributed by atoms with van der Waals surface area (Å²) >= 11 is 0. The van der Waals surface area contributed by atoms with Crippen molar-refractivity contribution >= 4 is 17.1 Å². The SMILES string of the molecule is COc1cc2c(cc1NCNc1ccc([N+](=O)[O-])cc1)C(C)(C)OCC2(C)C. The monoisotopic (exact) mass is 385 g/mol. The first-order chi connectivity index (χ1) is 13.1. The summed E-state index contributed by atoms with van der Waals surface area (Å²) in [5.41, 5.74) is 3.63. The van der Waals surface area contributed by atoms with E-state index >= 15 is 0 Å². The molecule has 0 aliphatic carbocycles. The summed E-state index contributed by atoms with van der Waals surface area (Å²) in [5, 5.41) is 17.3. The van der Waals surface area contributed by atoms with Crippen LogP contribution in [0, 0.1) is 10.1 Å². The highest BCUT2D eigenvalue weighted by molar-refractivity contribution is 5.63. The van der Waals surface area contributed by atoms with E-state index in [2.05, 4.69) is 50.5 Å². The molecule has 0 bridgehead atoms. The van der Waals surface area contributed by atoms with Crippen molar-refractivity contribution in [1.29, 1.82) is 0 Å². The Kier molecular flexibility index (Phi) is 5.21. The fourth-order valence-corrected chi connectivity index (χ4v) is 3.40. The van der Waals surface area contributed by atoms with Crippen molar-refractivity contribution in [3.63, 3.8) is 0 Å². The van der Waals surface area contributed by atoms with Gasteiger partial charge in [-0.25, -0.2) is 0 Å². The van der Waals surface area contributed by atoms with Gasteiger partial charge in [0.25, 0.3) is 5.69 Å². The molecule has 0 amide bonds. The predicted octanol–water partition coefficient (Wildman–Crippen LogP) is 4.63. The zero-order valence-electron chi connectivity index (χ0n) is 17.0. The summed E-state index contributed by atoms with van der Waals surface area (Å²) < 4.78 is 11.7. The number of benzene rings is 2. The van der Waals surface area contributed by atoms with Crippen molar-refractivity contribution in [2.45, 2.75) is 38.7 Å². The van der Waals surface area contributed by atoms with E-state index in [-0.39, 0.29) is 16.7 Å². The lowest BCUT2D eigenvalue weighted by Crippen LogP contribution is -2.40. The van der Waals surface area contributed by atoms with Crippen LogP contribution in [0.15, 0.2) is 36.4 Å². The van der Waals surface area contributed by atoms with Crippen molar-refractivity contribution in [3.05, 3.63) is 57.6 Å². The molecule has 2 aromatic carbocycles. The fraction of sp³-hybridized carbons (Fsp3) is 0.429. The molecule has 0 saturated heterocycles. The molecular formula is C21H27N3O4. The summed E-state index contributed by atoms with van der Waals surface area (Å²) in [4.78, 5) is 10.3. The van der Waals surface area contributed by atoms with Crippen molar-refractivity contribution < 1.29 is 14.4 Å². The maximum absolute atomic E-state index is 10.7. The summed E-state index contributed by atoms with van der Waals surface area (Å²) in [7, 11) is 1.66. The lowest BCUT2D eigenvalue weighted by Gasteiger charge is -2.42. The highest BCUT2D eigenvalue weighted by Gasteiger charge is 2.38. The minimum atomic E-state index is -0.411. The fourth-order valence-electron chi connectivity index (χ4n) is 3.40. The Morgan fingerprint density at radius 2 is 1.79 bits per heavy atom. The van der Waals surface area contributed by atoms with Gasteiger partial charge >= 0.3 is 0 Å². The molecule has 7 nitrogen and oxygen atoms in total. The summed E-state index contributed by atoms with van der Waals surface area (Å²) in [6, 6.07) is 10.5. The average molecular weight is 385 g/mol. The van der Waals surface area contributed by atoms with Gasteiger partial charge in [-0.15, -0.1) is 0 Å². The molecule has 2 N–H and O–H groups in total. The zero-order chi connectivity index (χ0) is 20.5. The van der Waals surface area contributed by atoms with Gasteiger partial charge < -0.3 is 20.1 Å². The Labute approximate surface area is 165 Å². The number of rotatable bonds is 6. The summed E-state index contributed by atoms with van der Waals surface area (Å²) in [6.07, 6.45) is 0. The van der Waals surface area contributed by atoms with Crippen LogP contribution in [0.3, 0.4) is 0 Å². The van der Waals surface area contributed by atoms with Crippen molar-refractivity contribution in [2.75, 3.05) is 31.0 Å². The summed E-state index contributed by atoms with van der Waals surface area (Å²) in [6.45, 7) is 9.59. The number of hydrogen-bond donors (Lipinski definition) is 2. The van der Waals surface area contributed by atoms with Gasteiger partial charge in [0.05, 0.1) is 36.6 Å². The number of hydrogen-bond acceptors (Lipinski definition) is 6. The second kappa shape index (κ2) is 7.31. The molecule has 1 aliphatic rings. The lowest BCUT2D eigenvalue weighted by atomic mass is 9.75. The first kappa shape index (κ1) is 19.9. The number of nitrogens with zero attached hydrogens (tertiary/aromatic N) is 1. The first-order valence-electron chi connectivity index (χ1n) is 9.23. The molecule has 0 radical (unpaired) electrons. The molecule has 2 aromatic rings. The Bertz CT molecular complexity index is 876. The van der Waals surface area contributed by atoms with Crippen molar-refractivity contribution in [2.24, 2.45) is 0 Å². The van der Waals surface area contributed by atoms with Gasteiger partial charge in [-0.05, 0) is 49.2 Å². The van der Waals surface area contributed by atoms with Crippen LogP contribution in [-0.4, -0.2) is 25.3 Å². The smallest absolute Gasteiger partial charge is 0.269 e.